The molecule has 0 amide bonds. The predicted octanol–water partition coefficient (Wildman–Crippen LogP) is 7.43. The van der Waals surface area contributed by atoms with E-state index in [4.69, 9.17) is 25.8 Å². The number of fused-ring (bicyclic) bond motifs is 2. The van der Waals surface area contributed by atoms with E-state index in [9.17, 15) is 4.79 Å². The third-order valence-corrected chi connectivity index (χ3v) is 12.2. The lowest BCUT2D eigenvalue weighted by atomic mass is 9.86. The molecule has 1 aliphatic carbocycles. The number of unbranched alkanes of at least 4 members (excludes halogenated alkanes) is 3. The molecule has 0 fully saturated rings. The van der Waals surface area contributed by atoms with E-state index in [1.807, 2.05) is 12.1 Å². The number of alkyl halides is 1. The number of nitrogens with one attached hydrogen (secondary N) is 1. The lowest BCUT2D eigenvalue weighted by molar-refractivity contribution is -0.462. The Hall–Kier alpha value is -2.88. The Morgan fingerprint density at radius 2 is 1.67 bits per heavy atom. The number of carbonyl (C=O) groups is 1. The highest BCUT2D eigenvalue weighted by Gasteiger charge is 2.37. The second-order valence-corrected chi connectivity index (χ2v) is 17.1. The minimum Gasteiger partial charge on any atom is -0.465 e. The van der Waals surface area contributed by atoms with E-state index >= 15 is 0 Å². The van der Waals surface area contributed by atoms with Crippen molar-refractivity contribution in [1.82, 2.24) is 5.32 Å². The van der Waals surface area contributed by atoms with Crippen LogP contribution in [0, 0.1) is 0 Å². The Kier molecular flexibility index (Phi) is 14.0. The van der Waals surface area contributed by atoms with Crippen LogP contribution in [-0.4, -0.2) is 103 Å². The number of anilines is 1. The summed E-state index contributed by atoms with van der Waals surface area (Å²) in [5.41, 5.74) is 8.26. The molecule has 0 radical (unpaired) electrons. The minimum atomic E-state index is -1.38. The molecule has 2 aromatic rings. The molecule has 1 unspecified atom stereocenters. The highest BCUT2D eigenvalue weighted by Crippen LogP contribution is 2.66. The molecular weight excluding hydrogens is 642 g/mol. The van der Waals surface area contributed by atoms with E-state index in [0.29, 0.717) is 31.9 Å². The first-order valence-corrected chi connectivity index (χ1v) is 19.9. The van der Waals surface area contributed by atoms with Gasteiger partial charge in [0, 0.05) is 66.8 Å². The van der Waals surface area contributed by atoms with E-state index in [1.54, 1.807) is 0 Å². The van der Waals surface area contributed by atoms with E-state index < -0.39 is 10.0 Å². The lowest BCUT2D eigenvalue weighted by Crippen LogP contribution is -2.24. The van der Waals surface area contributed by atoms with Crippen LogP contribution in [-0.2, 0) is 14.2 Å². The Bertz CT molecular complexity index is 1570. The van der Waals surface area contributed by atoms with Crippen molar-refractivity contribution in [2.24, 2.45) is 0 Å². The number of benzene rings is 2. The maximum Gasteiger partial charge on any atom is 0.338 e. The molecule has 4 rings (SSSR count). The first kappa shape index (κ1) is 37.9. The van der Waals surface area contributed by atoms with Crippen molar-refractivity contribution in [3.8, 4) is 0 Å². The summed E-state index contributed by atoms with van der Waals surface area (Å²) >= 11 is 5.73. The van der Waals surface area contributed by atoms with Crippen molar-refractivity contribution in [2.45, 2.75) is 43.5 Å². The van der Waals surface area contributed by atoms with Gasteiger partial charge in [0.15, 0.2) is 0 Å². The maximum absolute atomic E-state index is 13.3. The summed E-state index contributed by atoms with van der Waals surface area (Å²) in [4.78, 5) is 18.1. The van der Waals surface area contributed by atoms with Gasteiger partial charge >= 0.3 is 5.97 Å². The molecule has 48 heavy (non-hydrogen) atoms. The topological polar surface area (TPSA) is 63.0 Å². The monoisotopic (exact) mass is 696 g/mol. The normalized spacial score (nSPS) is 16.2. The fraction of sp³-hybridized carbons (Fsp3) is 0.487. The average molecular weight is 697 g/mol. The largest absolute Gasteiger partial charge is 0.465 e. The average Bonchev–Trinajstić information content (AvgIpc) is 3.08. The molecular formula is C39H55ClN3O4S+. The molecule has 0 bridgehead atoms. The number of methoxy groups -OCH3 is 1. The third-order valence-electron chi connectivity index (χ3n) is 9.06. The molecule has 2 aromatic carbocycles. The third kappa shape index (κ3) is 9.01. The number of carbonyl (C=O) groups excluding carboxylic acids is 1. The van der Waals surface area contributed by atoms with E-state index in [2.05, 4.69) is 105 Å². The number of esters is 1. The SMILES string of the molecule is COC(=O)c1ccc(C(C)NCCOCCOCCCCCCCl)cc1C1=C2C=CC(=[N+](C)C)C=C2S(C)(C)c2cc(N(C)C)ccc21. The van der Waals surface area contributed by atoms with Crippen LogP contribution >= 0.6 is 21.6 Å². The van der Waals surface area contributed by atoms with Gasteiger partial charge in [-0.1, -0.05) is 25.0 Å². The molecule has 9 heteroatoms. The van der Waals surface area contributed by atoms with E-state index in [1.165, 1.54) is 28.0 Å². The van der Waals surface area contributed by atoms with Crippen LogP contribution in [0.5, 0.6) is 0 Å². The van der Waals surface area contributed by atoms with Crippen molar-refractivity contribution in [3.05, 3.63) is 87.4 Å². The van der Waals surface area contributed by atoms with Gasteiger partial charge in [0.25, 0.3) is 0 Å². The van der Waals surface area contributed by atoms with Crippen LogP contribution in [0.4, 0.5) is 5.69 Å². The Labute approximate surface area is 295 Å². The first-order valence-electron chi connectivity index (χ1n) is 16.9. The number of allylic oxidation sites excluding steroid dienone is 4. The molecule has 1 aliphatic heterocycles. The zero-order valence-electron chi connectivity index (χ0n) is 30.2. The van der Waals surface area contributed by atoms with Gasteiger partial charge in [-0.15, -0.1) is 11.6 Å². The Morgan fingerprint density at radius 3 is 2.35 bits per heavy atom. The van der Waals surface area contributed by atoms with Crippen molar-refractivity contribution >= 4 is 44.6 Å². The summed E-state index contributed by atoms with van der Waals surface area (Å²) in [6.45, 7) is 5.40. The summed E-state index contributed by atoms with van der Waals surface area (Å²) in [6.07, 6.45) is 15.9. The second kappa shape index (κ2) is 17.7. The predicted molar refractivity (Wildman–Crippen MR) is 204 cm³/mol. The molecule has 1 atom stereocenters. The van der Waals surface area contributed by atoms with Gasteiger partial charge in [0.05, 0.1) is 32.5 Å². The van der Waals surface area contributed by atoms with Crippen LogP contribution in [0.3, 0.4) is 0 Å². The molecule has 0 spiro atoms. The number of hydrogen-bond acceptors (Lipinski definition) is 6. The number of rotatable bonds is 17. The van der Waals surface area contributed by atoms with Crippen LogP contribution in [0.25, 0.3) is 5.57 Å². The standard InChI is InChI=1S/C39H55ClN3O4S/c1-28(41-20-22-47-24-23-46-21-12-10-9-11-19-40)29-13-16-32(39(44)45-6)35(25-29)38-33-17-14-30(42(2)3)26-36(33)48(7,8)37-27-31(43(4)5)15-18-34(37)38/h13-18,25-28,41H,9-12,19-24H2,1-8H3/q+1. The van der Waals surface area contributed by atoms with Crippen LogP contribution in [0.2, 0.25) is 0 Å². The Balaban J connectivity index is 1.61. The summed E-state index contributed by atoms with van der Waals surface area (Å²) in [7, 11) is 8.38. The zero-order chi connectivity index (χ0) is 34.8. The van der Waals surface area contributed by atoms with Crippen LogP contribution < -0.4 is 10.2 Å². The van der Waals surface area contributed by atoms with Gasteiger partial charge in [-0.2, -0.15) is 10.0 Å². The van der Waals surface area contributed by atoms with Crippen molar-refractivity contribution in [1.29, 1.82) is 0 Å². The van der Waals surface area contributed by atoms with Gasteiger partial charge in [-0.05, 0) is 90.5 Å². The summed E-state index contributed by atoms with van der Waals surface area (Å²) in [6, 6.07) is 12.9. The summed E-state index contributed by atoms with van der Waals surface area (Å²) in [5.74, 6) is 0.393. The second-order valence-electron chi connectivity index (χ2n) is 13.2. The van der Waals surface area contributed by atoms with Gasteiger partial charge in [-0.3, -0.25) is 0 Å². The van der Waals surface area contributed by atoms with Gasteiger partial charge in [0.1, 0.15) is 14.1 Å². The van der Waals surface area contributed by atoms with Crippen LogP contribution in [0.1, 0.15) is 65.7 Å². The van der Waals surface area contributed by atoms with Crippen LogP contribution in [0.15, 0.2) is 70.0 Å². The molecule has 1 N–H and O–H groups in total. The maximum atomic E-state index is 13.3. The number of nitrogens with zero attached hydrogens (tertiary/aromatic N) is 2. The molecule has 0 aromatic heterocycles. The molecule has 262 valence electrons. The Morgan fingerprint density at radius 1 is 0.938 bits per heavy atom. The zero-order valence-corrected chi connectivity index (χ0v) is 31.7. The van der Waals surface area contributed by atoms with E-state index in [-0.39, 0.29) is 12.0 Å². The van der Waals surface area contributed by atoms with Crippen molar-refractivity contribution < 1.29 is 23.6 Å². The minimum absolute atomic E-state index is 0.0423. The molecule has 1 heterocycles. The fourth-order valence-electron chi connectivity index (χ4n) is 6.16. The highest BCUT2D eigenvalue weighted by molar-refractivity contribution is 8.36. The quantitative estimate of drug-likeness (QED) is 0.0804. The first-order chi connectivity index (χ1) is 23.0. The van der Waals surface area contributed by atoms with Crippen molar-refractivity contribution in [3.63, 3.8) is 0 Å². The van der Waals surface area contributed by atoms with E-state index in [0.717, 1.165) is 66.3 Å². The molecule has 0 saturated heterocycles. The summed E-state index contributed by atoms with van der Waals surface area (Å²) < 4.78 is 19.0. The number of halogens is 1. The highest BCUT2D eigenvalue weighted by atomic mass is 35.5. The van der Waals surface area contributed by atoms with Gasteiger partial charge in [0.2, 0.25) is 5.71 Å². The molecule has 0 saturated carbocycles. The fourth-order valence-corrected chi connectivity index (χ4v) is 8.85. The lowest BCUT2D eigenvalue weighted by Gasteiger charge is -2.43. The van der Waals surface area contributed by atoms with Crippen molar-refractivity contribution in [2.75, 3.05) is 91.6 Å². The number of hydrogen-bond donors (Lipinski definition) is 1. The summed E-state index contributed by atoms with van der Waals surface area (Å²) in [5, 5.41) is 3.60. The van der Waals surface area contributed by atoms with Gasteiger partial charge < -0.3 is 24.4 Å². The number of ether oxygens (including phenoxy) is 3. The smallest absolute Gasteiger partial charge is 0.338 e. The molecule has 2 aliphatic rings. The molecule has 7 nitrogen and oxygen atoms in total. The van der Waals surface area contributed by atoms with Gasteiger partial charge in [-0.25, -0.2) is 9.37 Å².